The minimum Gasteiger partial charge on any atom is -0.383 e. The molecular formula is C13H21N5O2. The number of aromatic nitrogens is 2. The number of methoxy groups -OCH3 is 1. The van der Waals surface area contributed by atoms with Gasteiger partial charge in [0.25, 0.3) is 0 Å². The molecule has 0 radical (unpaired) electrons. The van der Waals surface area contributed by atoms with Gasteiger partial charge in [0, 0.05) is 51.6 Å². The maximum atomic E-state index is 10.7. The summed E-state index contributed by atoms with van der Waals surface area (Å²) in [5, 5.41) is 3.15. The maximum Gasteiger partial charge on any atom is 0.224 e. The van der Waals surface area contributed by atoms with Crippen LogP contribution in [0.25, 0.3) is 0 Å². The minimum atomic E-state index is 0.616. The van der Waals surface area contributed by atoms with Gasteiger partial charge >= 0.3 is 0 Å². The summed E-state index contributed by atoms with van der Waals surface area (Å²) in [6, 6.07) is 1.97. The van der Waals surface area contributed by atoms with E-state index in [1.807, 2.05) is 13.0 Å². The molecule has 7 heteroatoms. The Labute approximate surface area is 118 Å². The fraction of sp³-hybridized carbons (Fsp3) is 0.615. The SMILES string of the molecule is COCCNc1nc(C)cc(N2CCN(C=O)CC2)n1. The lowest BCUT2D eigenvalue weighted by Crippen LogP contribution is -2.46. The number of rotatable bonds is 6. The molecule has 0 bridgehead atoms. The molecule has 0 atom stereocenters. The molecule has 0 aromatic carbocycles. The number of nitrogens with zero attached hydrogens (tertiary/aromatic N) is 4. The number of hydrogen-bond donors (Lipinski definition) is 1. The number of carbonyl (C=O) groups is 1. The van der Waals surface area contributed by atoms with Crippen molar-refractivity contribution in [1.82, 2.24) is 14.9 Å². The predicted molar refractivity (Wildman–Crippen MR) is 77.0 cm³/mol. The number of anilines is 2. The Kier molecular flexibility index (Phi) is 5.11. The first kappa shape index (κ1) is 14.5. The zero-order valence-corrected chi connectivity index (χ0v) is 12.0. The van der Waals surface area contributed by atoms with Gasteiger partial charge < -0.3 is 19.9 Å². The standard InChI is InChI=1S/C13H21N5O2/c1-11-9-12(16-13(15-11)14-3-8-20-2)18-6-4-17(10-19)5-7-18/h9-10H,3-8H2,1-2H3,(H,14,15,16). The molecule has 2 heterocycles. The molecule has 1 N–H and O–H groups in total. The molecule has 0 aliphatic carbocycles. The summed E-state index contributed by atoms with van der Waals surface area (Å²) in [6.45, 7) is 6.31. The molecule has 1 aliphatic heterocycles. The predicted octanol–water partition coefficient (Wildman–Crippen LogP) is 0.122. The molecule has 1 aromatic heterocycles. The molecule has 0 saturated carbocycles. The quantitative estimate of drug-likeness (QED) is 0.589. The van der Waals surface area contributed by atoms with Gasteiger partial charge in [-0.25, -0.2) is 4.98 Å². The molecule has 1 fully saturated rings. The van der Waals surface area contributed by atoms with Gasteiger partial charge in [-0.2, -0.15) is 4.98 Å². The molecule has 0 spiro atoms. The number of amides is 1. The molecule has 2 rings (SSSR count). The van der Waals surface area contributed by atoms with Gasteiger partial charge in [0.15, 0.2) is 0 Å². The number of carbonyl (C=O) groups excluding carboxylic acids is 1. The summed E-state index contributed by atoms with van der Waals surface area (Å²) in [6.07, 6.45) is 0.903. The Bertz CT molecular complexity index is 446. The van der Waals surface area contributed by atoms with Crippen LogP contribution in [0.3, 0.4) is 0 Å². The Hall–Kier alpha value is -1.89. The zero-order valence-electron chi connectivity index (χ0n) is 12.0. The fourth-order valence-corrected chi connectivity index (χ4v) is 2.11. The van der Waals surface area contributed by atoms with Crippen molar-refractivity contribution in [1.29, 1.82) is 0 Å². The second-order valence-corrected chi connectivity index (χ2v) is 4.74. The Morgan fingerprint density at radius 1 is 1.35 bits per heavy atom. The van der Waals surface area contributed by atoms with E-state index in [4.69, 9.17) is 4.74 Å². The van der Waals surface area contributed by atoms with Gasteiger partial charge in [0.2, 0.25) is 12.4 Å². The average molecular weight is 279 g/mol. The normalized spacial score (nSPS) is 15.3. The first-order valence-corrected chi connectivity index (χ1v) is 6.75. The average Bonchev–Trinajstić information content (AvgIpc) is 2.47. The molecule has 20 heavy (non-hydrogen) atoms. The van der Waals surface area contributed by atoms with Gasteiger partial charge in [-0.3, -0.25) is 4.79 Å². The highest BCUT2D eigenvalue weighted by Gasteiger charge is 2.17. The van der Waals surface area contributed by atoms with Crippen LogP contribution in [0.1, 0.15) is 5.69 Å². The highest BCUT2D eigenvalue weighted by molar-refractivity contribution is 5.50. The molecule has 110 valence electrons. The summed E-state index contributed by atoms with van der Waals surface area (Å²) in [4.78, 5) is 23.6. The van der Waals surface area contributed by atoms with Gasteiger partial charge in [0.05, 0.1) is 6.61 Å². The van der Waals surface area contributed by atoms with E-state index in [1.54, 1.807) is 12.0 Å². The van der Waals surface area contributed by atoms with E-state index in [0.717, 1.165) is 44.1 Å². The Morgan fingerprint density at radius 3 is 2.75 bits per heavy atom. The van der Waals surface area contributed by atoms with Crippen LogP contribution in [0.2, 0.25) is 0 Å². The van der Waals surface area contributed by atoms with Crippen molar-refractivity contribution in [3.63, 3.8) is 0 Å². The van der Waals surface area contributed by atoms with Gasteiger partial charge in [-0.15, -0.1) is 0 Å². The van der Waals surface area contributed by atoms with Crippen LogP contribution < -0.4 is 10.2 Å². The fourth-order valence-electron chi connectivity index (χ4n) is 2.11. The summed E-state index contributed by atoms with van der Waals surface area (Å²) in [5.41, 5.74) is 0.924. The van der Waals surface area contributed by atoms with Crippen molar-refractivity contribution in [2.24, 2.45) is 0 Å². The Balaban J connectivity index is 2.02. The van der Waals surface area contributed by atoms with Crippen LogP contribution in [0.5, 0.6) is 0 Å². The van der Waals surface area contributed by atoms with Crippen LogP contribution in [-0.2, 0) is 9.53 Å². The lowest BCUT2D eigenvalue weighted by atomic mass is 10.3. The first-order chi connectivity index (χ1) is 9.72. The van der Waals surface area contributed by atoms with E-state index in [-0.39, 0.29) is 0 Å². The van der Waals surface area contributed by atoms with Crippen LogP contribution in [0, 0.1) is 6.92 Å². The number of aryl methyl sites for hydroxylation is 1. The van der Waals surface area contributed by atoms with E-state index >= 15 is 0 Å². The first-order valence-electron chi connectivity index (χ1n) is 6.75. The molecule has 1 saturated heterocycles. The molecule has 1 aromatic rings. The van der Waals surface area contributed by atoms with Crippen molar-refractivity contribution >= 4 is 18.2 Å². The molecule has 0 unspecified atom stereocenters. The number of piperazine rings is 1. The molecule has 1 amide bonds. The van der Waals surface area contributed by atoms with Crippen molar-refractivity contribution in [3.05, 3.63) is 11.8 Å². The van der Waals surface area contributed by atoms with Gasteiger partial charge in [-0.05, 0) is 6.92 Å². The monoisotopic (exact) mass is 279 g/mol. The number of nitrogens with one attached hydrogen (secondary N) is 1. The highest BCUT2D eigenvalue weighted by atomic mass is 16.5. The van der Waals surface area contributed by atoms with E-state index in [1.165, 1.54) is 0 Å². The number of ether oxygens (including phenoxy) is 1. The second kappa shape index (κ2) is 7.04. The maximum absolute atomic E-state index is 10.7. The van der Waals surface area contributed by atoms with E-state index < -0.39 is 0 Å². The highest BCUT2D eigenvalue weighted by Crippen LogP contribution is 2.16. The van der Waals surface area contributed by atoms with Crippen molar-refractivity contribution in [3.8, 4) is 0 Å². The third kappa shape index (κ3) is 3.80. The summed E-state index contributed by atoms with van der Waals surface area (Å²) >= 11 is 0. The van der Waals surface area contributed by atoms with Crippen LogP contribution in [0.4, 0.5) is 11.8 Å². The van der Waals surface area contributed by atoms with E-state index in [0.29, 0.717) is 19.1 Å². The van der Waals surface area contributed by atoms with Gasteiger partial charge in [-0.1, -0.05) is 0 Å². The van der Waals surface area contributed by atoms with Crippen LogP contribution >= 0.6 is 0 Å². The Morgan fingerprint density at radius 2 is 2.10 bits per heavy atom. The third-order valence-corrected chi connectivity index (χ3v) is 3.22. The largest absolute Gasteiger partial charge is 0.383 e. The smallest absolute Gasteiger partial charge is 0.224 e. The van der Waals surface area contributed by atoms with Crippen LogP contribution in [-0.4, -0.2) is 67.7 Å². The van der Waals surface area contributed by atoms with Crippen molar-refractivity contribution in [2.45, 2.75) is 6.92 Å². The summed E-state index contributed by atoms with van der Waals surface area (Å²) < 4.78 is 5.00. The summed E-state index contributed by atoms with van der Waals surface area (Å²) in [7, 11) is 1.66. The topological polar surface area (TPSA) is 70.6 Å². The lowest BCUT2D eigenvalue weighted by molar-refractivity contribution is -0.118. The van der Waals surface area contributed by atoms with Crippen molar-refractivity contribution < 1.29 is 9.53 Å². The molecular weight excluding hydrogens is 258 g/mol. The zero-order chi connectivity index (χ0) is 14.4. The molecule has 1 aliphatic rings. The third-order valence-electron chi connectivity index (χ3n) is 3.22. The minimum absolute atomic E-state index is 0.616. The van der Waals surface area contributed by atoms with E-state index in [9.17, 15) is 4.79 Å². The second-order valence-electron chi connectivity index (χ2n) is 4.74. The van der Waals surface area contributed by atoms with Crippen LogP contribution in [0.15, 0.2) is 6.07 Å². The summed E-state index contributed by atoms with van der Waals surface area (Å²) in [5.74, 6) is 1.53. The van der Waals surface area contributed by atoms with E-state index in [2.05, 4.69) is 20.2 Å². The van der Waals surface area contributed by atoms with Crippen molar-refractivity contribution in [2.75, 3.05) is 56.7 Å². The molecule has 7 nitrogen and oxygen atoms in total. The van der Waals surface area contributed by atoms with Gasteiger partial charge in [0.1, 0.15) is 5.82 Å². The number of hydrogen-bond acceptors (Lipinski definition) is 6. The lowest BCUT2D eigenvalue weighted by Gasteiger charge is -2.33.